The van der Waals surface area contributed by atoms with Gasteiger partial charge in [-0.1, -0.05) is 71.2 Å². The third kappa shape index (κ3) is 7.97. The number of hydrogen-bond acceptors (Lipinski definition) is 4. The lowest BCUT2D eigenvalue weighted by molar-refractivity contribution is -0.140. The summed E-state index contributed by atoms with van der Waals surface area (Å²) < 4.78 is 28.6. The molecule has 1 atom stereocenters. The van der Waals surface area contributed by atoms with Crippen LogP contribution in [0.3, 0.4) is 0 Å². The van der Waals surface area contributed by atoms with Gasteiger partial charge in [-0.15, -0.1) is 0 Å². The number of nitrogens with one attached hydrogen (secondary N) is 1. The number of nitrogens with zero attached hydrogens (tertiary/aromatic N) is 2. The van der Waals surface area contributed by atoms with Crippen molar-refractivity contribution in [1.29, 1.82) is 0 Å². The maximum absolute atomic E-state index is 13.9. The molecule has 0 spiro atoms. The molecule has 3 rings (SSSR count). The van der Waals surface area contributed by atoms with E-state index in [4.69, 9.17) is 23.2 Å². The van der Waals surface area contributed by atoms with Gasteiger partial charge in [0.25, 0.3) is 10.0 Å². The molecule has 0 unspecified atom stereocenters. The number of rotatable bonds is 9. The van der Waals surface area contributed by atoms with Crippen LogP contribution >= 0.6 is 23.2 Å². The van der Waals surface area contributed by atoms with Crippen LogP contribution in [0.25, 0.3) is 0 Å². The molecule has 2 amide bonds. The van der Waals surface area contributed by atoms with Gasteiger partial charge in [-0.2, -0.15) is 0 Å². The molecule has 0 bridgehead atoms. The topological polar surface area (TPSA) is 86.8 Å². The first-order chi connectivity index (χ1) is 18.2. The van der Waals surface area contributed by atoms with E-state index >= 15 is 0 Å². The van der Waals surface area contributed by atoms with Crippen molar-refractivity contribution in [3.63, 3.8) is 0 Å². The van der Waals surface area contributed by atoms with Crippen molar-refractivity contribution in [2.45, 2.75) is 57.6 Å². The number of carbonyl (C=O) groups is 2. The summed E-state index contributed by atoms with van der Waals surface area (Å²) in [6.07, 6.45) is 0. The van der Waals surface area contributed by atoms with E-state index in [1.54, 1.807) is 25.1 Å². The van der Waals surface area contributed by atoms with Gasteiger partial charge in [0.2, 0.25) is 11.8 Å². The third-order valence-corrected chi connectivity index (χ3v) is 8.43. The lowest BCUT2D eigenvalue weighted by Crippen LogP contribution is -2.54. The largest absolute Gasteiger partial charge is 0.350 e. The fourth-order valence-electron chi connectivity index (χ4n) is 3.95. The molecule has 7 nitrogen and oxygen atoms in total. The predicted molar refractivity (Wildman–Crippen MR) is 157 cm³/mol. The monoisotopic (exact) mass is 589 g/mol. The van der Waals surface area contributed by atoms with Crippen LogP contribution in [0.1, 0.15) is 38.8 Å². The number of hydrogen-bond donors (Lipinski definition) is 1. The van der Waals surface area contributed by atoms with E-state index in [2.05, 4.69) is 5.32 Å². The molecule has 3 aromatic carbocycles. The van der Waals surface area contributed by atoms with E-state index in [0.29, 0.717) is 0 Å². The van der Waals surface area contributed by atoms with E-state index < -0.39 is 34.1 Å². The zero-order chi connectivity index (χ0) is 29.0. The summed E-state index contributed by atoms with van der Waals surface area (Å²) in [7, 11) is -4.18. The van der Waals surface area contributed by atoms with Crippen molar-refractivity contribution in [1.82, 2.24) is 10.2 Å². The molecule has 0 aliphatic heterocycles. The summed E-state index contributed by atoms with van der Waals surface area (Å²) in [6, 6.07) is 18.9. The van der Waals surface area contributed by atoms with Crippen molar-refractivity contribution in [3.05, 3.63) is 94.0 Å². The molecular weight excluding hydrogens is 557 g/mol. The van der Waals surface area contributed by atoms with Crippen molar-refractivity contribution in [3.8, 4) is 0 Å². The number of amides is 2. The average molecular weight is 591 g/mol. The summed E-state index contributed by atoms with van der Waals surface area (Å²) in [5.74, 6) is -0.908. The highest BCUT2D eigenvalue weighted by atomic mass is 35.5. The molecule has 0 saturated carbocycles. The molecule has 0 heterocycles. The van der Waals surface area contributed by atoms with Gasteiger partial charge in [0.1, 0.15) is 12.6 Å². The van der Waals surface area contributed by atoms with Crippen molar-refractivity contribution >= 4 is 50.7 Å². The van der Waals surface area contributed by atoms with Crippen molar-refractivity contribution in [2.75, 3.05) is 10.8 Å². The third-order valence-electron chi connectivity index (χ3n) is 5.90. The predicted octanol–water partition coefficient (Wildman–Crippen LogP) is 5.83. The van der Waals surface area contributed by atoms with Crippen LogP contribution in [0.15, 0.2) is 77.7 Å². The summed E-state index contributed by atoms with van der Waals surface area (Å²) in [4.78, 5) is 28.5. The fourth-order valence-corrected chi connectivity index (χ4v) is 5.67. The number of aryl methyl sites for hydroxylation is 1. The van der Waals surface area contributed by atoms with Crippen LogP contribution in [-0.2, 0) is 26.2 Å². The second-order valence-electron chi connectivity index (χ2n) is 10.3. The number of halogens is 2. The molecule has 10 heteroatoms. The Morgan fingerprint density at radius 1 is 0.923 bits per heavy atom. The van der Waals surface area contributed by atoms with Gasteiger partial charge in [0.05, 0.1) is 20.6 Å². The maximum Gasteiger partial charge on any atom is 0.264 e. The number of anilines is 1. The Morgan fingerprint density at radius 2 is 1.59 bits per heavy atom. The van der Waals surface area contributed by atoms with E-state index in [-0.39, 0.29) is 33.1 Å². The fraction of sp³-hybridized carbons (Fsp3) is 0.310. The molecule has 0 aromatic heterocycles. The summed E-state index contributed by atoms with van der Waals surface area (Å²) in [5, 5.41) is 3.30. The van der Waals surface area contributed by atoms with Crippen LogP contribution in [0.4, 0.5) is 5.69 Å². The summed E-state index contributed by atoms with van der Waals surface area (Å²) >= 11 is 12.3. The van der Waals surface area contributed by atoms with Gasteiger partial charge < -0.3 is 10.2 Å². The zero-order valence-electron chi connectivity index (χ0n) is 22.6. The molecule has 0 saturated heterocycles. The van der Waals surface area contributed by atoms with Gasteiger partial charge in [-0.25, -0.2) is 8.42 Å². The first-order valence-electron chi connectivity index (χ1n) is 12.4. The lowest BCUT2D eigenvalue weighted by atomic mass is 10.1. The lowest BCUT2D eigenvalue weighted by Gasteiger charge is -2.33. The highest BCUT2D eigenvalue weighted by molar-refractivity contribution is 7.92. The average Bonchev–Trinajstić information content (AvgIpc) is 2.86. The van der Waals surface area contributed by atoms with Crippen LogP contribution in [-0.4, -0.2) is 43.3 Å². The van der Waals surface area contributed by atoms with Crippen LogP contribution in [0.5, 0.6) is 0 Å². The van der Waals surface area contributed by atoms with Gasteiger partial charge in [0, 0.05) is 12.1 Å². The van der Waals surface area contributed by atoms with Gasteiger partial charge in [0.15, 0.2) is 0 Å². The number of sulfonamides is 1. The zero-order valence-corrected chi connectivity index (χ0v) is 24.9. The van der Waals surface area contributed by atoms with Crippen LogP contribution in [0.2, 0.25) is 10.0 Å². The molecule has 3 aromatic rings. The quantitative estimate of drug-likeness (QED) is 0.340. The SMILES string of the molecule is Cc1cccc(CN(C(=O)CN(c2ccc(Cl)c(Cl)c2)S(=O)(=O)c2ccccc2)[C@@H](C)C(=O)NC(C)(C)C)c1. The molecule has 0 aliphatic rings. The van der Waals surface area contributed by atoms with E-state index in [1.165, 1.54) is 35.2 Å². The highest BCUT2D eigenvalue weighted by Gasteiger charge is 2.33. The maximum atomic E-state index is 13.9. The number of benzene rings is 3. The Balaban J connectivity index is 2.05. The molecule has 1 N–H and O–H groups in total. The normalized spacial score (nSPS) is 12.5. The van der Waals surface area contributed by atoms with Gasteiger partial charge in [-0.3, -0.25) is 13.9 Å². The Hall–Kier alpha value is -3.07. The highest BCUT2D eigenvalue weighted by Crippen LogP contribution is 2.31. The van der Waals surface area contributed by atoms with E-state index in [9.17, 15) is 18.0 Å². The van der Waals surface area contributed by atoms with Gasteiger partial charge >= 0.3 is 0 Å². The Bertz CT molecular complexity index is 1440. The molecule has 208 valence electrons. The van der Waals surface area contributed by atoms with Crippen LogP contribution < -0.4 is 9.62 Å². The first-order valence-corrected chi connectivity index (χ1v) is 14.6. The summed E-state index contributed by atoms with van der Waals surface area (Å²) in [6.45, 7) is 8.66. The molecular formula is C29H33Cl2N3O4S. The van der Waals surface area contributed by atoms with E-state index in [0.717, 1.165) is 15.4 Å². The minimum atomic E-state index is -4.18. The van der Waals surface area contributed by atoms with E-state index in [1.807, 2.05) is 52.0 Å². The van der Waals surface area contributed by atoms with Crippen molar-refractivity contribution in [2.24, 2.45) is 0 Å². The van der Waals surface area contributed by atoms with Crippen LogP contribution in [0, 0.1) is 6.92 Å². The smallest absolute Gasteiger partial charge is 0.264 e. The van der Waals surface area contributed by atoms with Gasteiger partial charge in [-0.05, 0) is 70.5 Å². The second kappa shape index (κ2) is 12.4. The summed E-state index contributed by atoms with van der Waals surface area (Å²) in [5.41, 5.74) is 1.46. The number of carbonyl (C=O) groups excluding carboxylic acids is 2. The molecule has 0 radical (unpaired) electrons. The minimum Gasteiger partial charge on any atom is -0.350 e. The Labute approximate surface area is 240 Å². The second-order valence-corrected chi connectivity index (χ2v) is 13.0. The minimum absolute atomic E-state index is 0.00707. The van der Waals surface area contributed by atoms with Crippen molar-refractivity contribution < 1.29 is 18.0 Å². The Kier molecular flexibility index (Phi) is 9.69. The first kappa shape index (κ1) is 30.5. The molecule has 0 fully saturated rings. The standard InChI is InChI=1S/C29H33Cl2N3O4S/c1-20-10-9-11-22(16-20)18-33(21(2)28(36)32-29(3,4)5)27(35)19-34(23-14-15-25(30)26(31)17-23)39(37,38)24-12-7-6-8-13-24/h6-17,21H,18-19H2,1-5H3,(H,32,36)/t21-/m0/s1. The molecule has 0 aliphatic carbocycles. The molecule has 39 heavy (non-hydrogen) atoms. The Morgan fingerprint density at radius 3 is 2.18 bits per heavy atom.